The molecule has 1 amide bonds. The lowest BCUT2D eigenvalue weighted by atomic mass is 9.98. The van der Waals surface area contributed by atoms with Gasteiger partial charge in [-0.15, -0.1) is 0 Å². The number of ether oxygens (including phenoxy) is 1. The summed E-state index contributed by atoms with van der Waals surface area (Å²) < 4.78 is 33.0. The highest BCUT2D eigenvalue weighted by molar-refractivity contribution is 7.89. The Morgan fingerprint density at radius 3 is 2.59 bits per heavy atom. The lowest BCUT2D eigenvalue weighted by molar-refractivity contribution is -0.120. The van der Waals surface area contributed by atoms with Crippen LogP contribution in [0.25, 0.3) is 0 Å². The SMILES string of the molecule is Cc1ccc(S(=O)(=O)N2CCC[C@H](C(=O)Nc3cccc(OC(C)C)c3)C2)cc1. The number of aryl methyl sites for hydroxylation is 1. The molecule has 1 aliphatic rings. The average molecular weight is 417 g/mol. The van der Waals surface area contributed by atoms with Gasteiger partial charge in [-0.1, -0.05) is 23.8 Å². The predicted molar refractivity (Wildman–Crippen MR) is 113 cm³/mol. The van der Waals surface area contributed by atoms with Crippen molar-refractivity contribution in [1.29, 1.82) is 0 Å². The maximum atomic E-state index is 12.9. The van der Waals surface area contributed by atoms with Crippen LogP contribution in [0.3, 0.4) is 0 Å². The second-order valence-electron chi connectivity index (χ2n) is 7.70. The van der Waals surface area contributed by atoms with Gasteiger partial charge >= 0.3 is 0 Å². The first-order chi connectivity index (χ1) is 13.8. The minimum Gasteiger partial charge on any atom is -0.491 e. The lowest BCUT2D eigenvalue weighted by Gasteiger charge is -2.31. The van der Waals surface area contributed by atoms with Crippen molar-refractivity contribution in [3.05, 3.63) is 54.1 Å². The van der Waals surface area contributed by atoms with E-state index in [2.05, 4.69) is 5.32 Å². The van der Waals surface area contributed by atoms with Crippen LogP contribution in [0.2, 0.25) is 0 Å². The summed E-state index contributed by atoms with van der Waals surface area (Å²) in [5.41, 5.74) is 1.65. The smallest absolute Gasteiger partial charge is 0.243 e. The van der Waals surface area contributed by atoms with Crippen LogP contribution in [0, 0.1) is 12.8 Å². The molecule has 0 unspecified atom stereocenters. The molecular weight excluding hydrogens is 388 g/mol. The van der Waals surface area contributed by atoms with E-state index in [1.54, 1.807) is 36.4 Å². The van der Waals surface area contributed by atoms with Gasteiger partial charge in [-0.3, -0.25) is 4.79 Å². The van der Waals surface area contributed by atoms with E-state index >= 15 is 0 Å². The van der Waals surface area contributed by atoms with Gasteiger partial charge in [0.25, 0.3) is 0 Å². The summed E-state index contributed by atoms with van der Waals surface area (Å²) >= 11 is 0. The van der Waals surface area contributed by atoms with Crippen molar-refractivity contribution in [2.45, 2.75) is 44.6 Å². The summed E-state index contributed by atoms with van der Waals surface area (Å²) in [5, 5.41) is 2.90. The molecule has 0 aromatic heterocycles. The number of benzene rings is 2. The molecule has 1 heterocycles. The van der Waals surface area contributed by atoms with Crippen LogP contribution in [0.1, 0.15) is 32.3 Å². The minimum atomic E-state index is -3.60. The third-order valence-electron chi connectivity index (χ3n) is 4.89. The summed E-state index contributed by atoms with van der Waals surface area (Å²) in [7, 11) is -3.60. The number of anilines is 1. The molecule has 7 heteroatoms. The van der Waals surface area contributed by atoms with Crippen LogP contribution in [0.4, 0.5) is 5.69 Å². The van der Waals surface area contributed by atoms with E-state index in [1.807, 2.05) is 32.9 Å². The Kier molecular flexibility index (Phi) is 6.59. The van der Waals surface area contributed by atoms with E-state index in [-0.39, 0.29) is 23.5 Å². The zero-order chi connectivity index (χ0) is 21.0. The molecule has 3 rings (SSSR count). The number of piperidine rings is 1. The fraction of sp³-hybridized carbons (Fsp3) is 0.409. The highest BCUT2D eigenvalue weighted by Crippen LogP contribution is 2.26. The number of carbonyl (C=O) groups excluding carboxylic acids is 1. The van der Waals surface area contributed by atoms with Gasteiger partial charge in [-0.2, -0.15) is 4.31 Å². The number of hydrogen-bond acceptors (Lipinski definition) is 4. The normalized spacial score (nSPS) is 17.9. The summed E-state index contributed by atoms with van der Waals surface area (Å²) in [4.78, 5) is 13.0. The number of hydrogen-bond donors (Lipinski definition) is 1. The van der Waals surface area contributed by atoms with Crippen LogP contribution in [-0.2, 0) is 14.8 Å². The molecule has 1 fully saturated rings. The number of amides is 1. The Morgan fingerprint density at radius 2 is 1.90 bits per heavy atom. The fourth-order valence-corrected chi connectivity index (χ4v) is 4.92. The van der Waals surface area contributed by atoms with Crippen molar-refractivity contribution in [2.75, 3.05) is 18.4 Å². The largest absolute Gasteiger partial charge is 0.491 e. The van der Waals surface area contributed by atoms with E-state index in [9.17, 15) is 13.2 Å². The van der Waals surface area contributed by atoms with E-state index in [0.717, 1.165) is 5.56 Å². The molecule has 1 atom stereocenters. The third-order valence-corrected chi connectivity index (χ3v) is 6.77. The lowest BCUT2D eigenvalue weighted by Crippen LogP contribution is -2.43. The van der Waals surface area contributed by atoms with Gasteiger partial charge in [-0.05, 0) is 57.9 Å². The predicted octanol–water partition coefficient (Wildman–Crippen LogP) is 3.82. The summed E-state index contributed by atoms with van der Waals surface area (Å²) in [6.45, 7) is 6.41. The topological polar surface area (TPSA) is 75.7 Å². The van der Waals surface area contributed by atoms with Gasteiger partial charge in [0.15, 0.2) is 0 Å². The molecule has 29 heavy (non-hydrogen) atoms. The third kappa shape index (κ3) is 5.36. The molecule has 6 nitrogen and oxygen atoms in total. The highest BCUT2D eigenvalue weighted by atomic mass is 32.2. The van der Waals surface area contributed by atoms with Crippen molar-refractivity contribution >= 4 is 21.6 Å². The summed E-state index contributed by atoms with van der Waals surface area (Å²) in [6.07, 6.45) is 1.35. The zero-order valence-corrected chi connectivity index (χ0v) is 17.9. The molecule has 0 spiro atoms. The molecule has 2 aromatic rings. The standard InChI is InChI=1S/C22H28N2O4S/c1-16(2)28-20-8-4-7-19(14-20)23-22(25)18-6-5-13-24(15-18)29(26,27)21-11-9-17(3)10-12-21/h4,7-12,14,16,18H,5-6,13,15H2,1-3H3,(H,23,25)/t18-/m0/s1. The van der Waals surface area contributed by atoms with Crippen molar-refractivity contribution < 1.29 is 17.9 Å². The van der Waals surface area contributed by atoms with Crippen molar-refractivity contribution in [2.24, 2.45) is 5.92 Å². The van der Waals surface area contributed by atoms with Gasteiger partial charge in [0, 0.05) is 24.8 Å². The Morgan fingerprint density at radius 1 is 1.17 bits per heavy atom. The Labute approximate surface area is 172 Å². The molecule has 1 aliphatic heterocycles. The molecule has 2 aromatic carbocycles. The number of rotatable bonds is 6. The van der Waals surface area contributed by atoms with Crippen LogP contribution >= 0.6 is 0 Å². The fourth-order valence-electron chi connectivity index (χ4n) is 3.40. The van der Waals surface area contributed by atoms with Gasteiger partial charge in [0.2, 0.25) is 15.9 Å². The molecule has 156 valence electrons. The molecule has 0 saturated carbocycles. The van der Waals surface area contributed by atoms with Crippen molar-refractivity contribution in [3.63, 3.8) is 0 Å². The first kappa shape index (κ1) is 21.3. The second-order valence-corrected chi connectivity index (χ2v) is 9.64. The Bertz CT molecular complexity index is 955. The van der Waals surface area contributed by atoms with Gasteiger partial charge in [-0.25, -0.2) is 8.42 Å². The molecule has 1 saturated heterocycles. The number of nitrogens with zero attached hydrogens (tertiary/aromatic N) is 1. The highest BCUT2D eigenvalue weighted by Gasteiger charge is 2.33. The molecule has 1 N–H and O–H groups in total. The quantitative estimate of drug-likeness (QED) is 0.777. The second kappa shape index (κ2) is 8.97. The monoisotopic (exact) mass is 416 g/mol. The maximum absolute atomic E-state index is 12.9. The van der Waals surface area contributed by atoms with Crippen molar-refractivity contribution in [3.8, 4) is 5.75 Å². The van der Waals surface area contributed by atoms with Gasteiger partial charge in [0.05, 0.1) is 16.9 Å². The number of nitrogens with one attached hydrogen (secondary N) is 1. The van der Waals surface area contributed by atoms with E-state index in [4.69, 9.17) is 4.74 Å². The maximum Gasteiger partial charge on any atom is 0.243 e. The first-order valence-corrected chi connectivity index (χ1v) is 11.3. The Hall–Kier alpha value is -2.38. The molecule has 0 bridgehead atoms. The summed E-state index contributed by atoms with van der Waals surface area (Å²) in [5.74, 6) is 0.124. The number of carbonyl (C=O) groups is 1. The van der Waals surface area contributed by atoms with Crippen LogP contribution in [0.5, 0.6) is 5.75 Å². The minimum absolute atomic E-state index is 0.0415. The summed E-state index contributed by atoms with van der Waals surface area (Å²) in [6, 6.07) is 14.0. The van der Waals surface area contributed by atoms with Crippen molar-refractivity contribution in [1.82, 2.24) is 4.31 Å². The average Bonchev–Trinajstić information content (AvgIpc) is 2.68. The zero-order valence-electron chi connectivity index (χ0n) is 17.1. The number of sulfonamides is 1. The van der Waals surface area contributed by atoms with E-state index < -0.39 is 15.9 Å². The molecule has 0 radical (unpaired) electrons. The van der Waals surface area contributed by atoms with Crippen LogP contribution in [0.15, 0.2) is 53.4 Å². The van der Waals surface area contributed by atoms with E-state index in [1.165, 1.54) is 4.31 Å². The Balaban J connectivity index is 1.69. The molecular formula is C22H28N2O4S. The molecule has 0 aliphatic carbocycles. The van der Waals surface area contributed by atoms with E-state index in [0.29, 0.717) is 30.8 Å². The van der Waals surface area contributed by atoms with Crippen LogP contribution in [-0.4, -0.2) is 37.8 Å². The van der Waals surface area contributed by atoms with Gasteiger partial charge in [0.1, 0.15) is 5.75 Å². The van der Waals surface area contributed by atoms with Gasteiger partial charge < -0.3 is 10.1 Å². The first-order valence-electron chi connectivity index (χ1n) is 9.90. The van der Waals surface area contributed by atoms with Crippen LogP contribution < -0.4 is 10.1 Å².